The molecule has 0 amide bonds. The Kier molecular flexibility index (Phi) is 3.69. The second-order valence-electron chi connectivity index (χ2n) is 4.60. The monoisotopic (exact) mass is 264 g/mol. The van der Waals surface area contributed by atoms with Gasteiger partial charge in [-0.3, -0.25) is 0 Å². The van der Waals surface area contributed by atoms with Crippen molar-refractivity contribution in [2.75, 3.05) is 6.54 Å². The van der Waals surface area contributed by atoms with Gasteiger partial charge in [0.2, 0.25) is 10.0 Å². The summed E-state index contributed by atoms with van der Waals surface area (Å²) in [4.78, 5) is 0.273. The molecule has 5 heteroatoms. The van der Waals surface area contributed by atoms with Crippen molar-refractivity contribution in [1.29, 1.82) is 5.26 Å². The zero-order valence-corrected chi connectivity index (χ0v) is 11.2. The fraction of sp³-hybridized carbons (Fsp3) is 0.462. The van der Waals surface area contributed by atoms with Crippen LogP contribution < -0.4 is 0 Å². The van der Waals surface area contributed by atoms with Crippen LogP contribution in [0, 0.1) is 11.3 Å². The largest absolute Gasteiger partial charge is 0.243 e. The number of nitrogens with zero attached hydrogens (tertiary/aromatic N) is 2. The summed E-state index contributed by atoms with van der Waals surface area (Å²) in [7, 11) is -3.41. The van der Waals surface area contributed by atoms with Gasteiger partial charge in [0.1, 0.15) is 0 Å². The fourth-order valence-electron chi connectivity index (χ4n) is 2.27. The zero-order valence-electron chi connectivity index (χ0n) is 10.3. The molecule has 1 fully saturated rings. The van der Waals surface area contributed by atoms with Crippen molar-refractivity contribution in [1.82, 2.24) is 4.31 Å². The number of hydrogen-bond acceptors (Lipinski definition) is 3. The lowest BCUT2D eigenvalue weighted by molar-refractivity contribution is 0.268. The SMILES string of the molecule is C[C@@H]1CCCCN1S(=O)(=O)c1ccc(C#N)cc1. The molecule has 1 aromatic rings. The predicted octanol–water partition coefficient (Wildman–Crippen LogP) is 2.12. The fourth-order valence-corrected chi connectivity index (χ4v) is 3.97. The predicted molar refractivity (Wildman–Crippen MR) is 68.4 cm³/mol. The van der Waals surface area contributed by atoms with Crippen LogP contribution in [0.3, 0.4) is 0 Å². The van der Waals surface area contributed by atoms with Crippen LogP contribution in [0.15, 0.2) is 29.2 Å². The number of benzene rings is 1. The van der Waals surface area contributed by atoms with E-state index >= 15 is 0 Å². The van der Waals surface area contributed by atoms with E-state index in [1.165, 1.54) is 12.1 Å². The first-order valence-electron chi connectivity index (χ1n) is 6.08. The van der Waals surface area contributed by atoms with E-state index in [-0.39, 0.29) is 10.9 Å². The van der Waals surface area contributed by atoms with Crippen molar-refractivity contribution in [2.24, 2.45) is 0 Å². The molecule has 0 radical (unpaired) electrons. The molecule has 0 unspecified atom stereocenters. The minimum absolute atomic E-state index is 0.0550. The molecule has 1 saturated heterocycles. The highest BCUT2D eigenvalue weighted by Gasteiger charge is 2.30. The summed E-state index contributed by atoms with van der Waals surface area (Å²) in [5, 5.41) is 8.71. The summed E-state index contributed by atoms with van der Waals surface area (Å²) < 4.78 is 26.4. The van der Waals surface area contributed by atoms with Gasteiger partial charge in [-0.05, 0) is 44.0 Å². The number of hydrogen-bond donors (Lipinski definition) is 0. The standard InChI is InChI=1S/C13H16N2O2S/c1-11-4-2-3-9-15(11)18(16,17)13-7-5-12(10-14)6-8-13/h5-8,11H,2-4,9H2,1H3/t11-/m1/s1. The molecule has 1 heterocycles. The average molecular weight is 264 g/mol. The first-order valence-corrected chi connectivity index (χ1v) is 7.52. The summed E-state index contributed by atoms with van der Waals surface area (Å²) >= 11 is 0. The molecule has 0 saturated carbocycles. The van der Waals surface area contributed by atoms with Crippen LogP contribution in [0.5, 0.6) is 0 Å². The maximum absolute atomic E-state index is 12.4. The van der Waals surface area contributed by atoms with Crippen LogP contribution >= 0.6 is 0 Å². The Bertz CT molecular complexity index is 558. The molecule has 0 aromatic heterocycles. The van der Waals surface area contributed by atoms with Gasteiger partial charge in [-0.15, -0.1) is 0 Å². The Morgan fingerprint density at radius 1 is 1.28 bits per heavy atom. The molecule has 18 heavy (non-hydrogen) atoms. The van der Waals surface area contributed by atoms with Gasteiger partial charge >= 0.3 is 0 Å². The molecule has 0 spiro atoms. The van der Waals surface area contributed by atoms with E-state index in [1.54, 1.807) is 16.4 Å². The van der Waals surface area contributed by atoms with E-state index < -0.39 is 10.0 Å². The summed E-state index contributed by atoms with van der Waals surface area (Å²) in [6, 6.07) is 8.15. The van der Waals surface area contributed by atoms with Crippen molar-refractivity contribution in [3.8, 4) is 6.07 Å². The van der Waals surface area contributed by atoms with E-state index in [9.17, 15) is 8.42 Å². The third-order valence-corrected chi connectivity index (χ3v) is 5.36. The van der Waals surface area contributed by atoms with Crippen LogP contribution in [0.25, 0.3) is 0 Å². The van der Waals surface area contributed by atoms with Gasteiger partial charge < -0.3 is 0 Å². The van der Waals surface area contributed by atoms with Crippen LogP contribution in [0.1, 0.15) is 31.7 Å². The number of rotatable bonds is 2. The molecule has 0 bridgehead atoms. The molecular formula is C13H16N2O2S. The first-order chi connectivity index (χ1) is 8.55. The summed E-state index contributed by atoms with van der Waals surface area (Å²) in [5.74, 6) is 0. The van der Waals surface area contributed by atoms with E-state index in [0.29, 0.717) is 12.1 Å². The number of piperidine rings is 1. The normalized spacial score (nSPS) is 21.4. The van der Waals surface area contributed by atoms with Crippen LogP contribution in [0.4, 0.5) is 0 Å². The van der Waals surface area contributed by atoms with Gasteiger partial charge in [-0.1, -0.05) is 6.42 Å². The highest BCUT2D eigenvalue weighted by Crippen LogP contribution is 2.25. The Hall–Kier alpha value is -1.38. The second-order valence-corrected chi connectivity index (χ2v) is 6.49. The van der Waals surface area contributed by atoms with E-state index in [0.717, 1.165) is 19.3 Å². The van der Waals surface area contributed by atoms with Gasteiger partial charge in [0.05, 0.1) is 16.5 Å². The highest BCUT2D eigenvalue weighted by molar-refractivity contribution is 7.89. The molecule has 0 aliphatic carbocycles. The molecular weight excluding hydrogens is 248 g/mol. The Morgan fingerprint density at radius 2 is 1.94 bits per heavy atom. The molecule has 2 rings (SSSR count). The minimum Gasteiger partial charge on any atom is -0.207 e. The molecule has 96 valence electrons. The molecule has 1 aliphatic heterocycles. The Morgan fingerprint density at radius 3 is 2.50 bits per heavy atom. The molecule has 1 aliphatic rings. The zero-order chi connectivity index (χ0) is 13.2. The summed E-state index contributed by atoms with van der Waals surface area (Å²) in [6.45, 7) is 2.53. The van der Waals surface area contributed by atoms with Gasteiger partial charge in [-0.2, -0.15) is 9.57 Å². The minimum atomic E-state index is -3.41. The maximum Gasteiger partial charge on any atom is 0.243 e. The Labute approximate surface area is 108 Å². The van der Waals surface area contributed by atoms with E-state index in [4.69, 9.17) is 5.26 Å². The molecule has 1 atom stereocenters. The third kappa shape index (κ3) is 2.40. The number of sulfonamides is 1. The third-order valence-electron chi connectivity index (χ3n) is 3.33. The van der Waals surface area contributed by atoms with Crippen molar-refractivity contribution in [3.63, 3.8) is 0 Å². The van der Waals surface area contributed by atoms with Crippen molar-refractivity contribution in [2.45, 2.75) is 37.1 Å². The summed E-state index contributed by atoms with van der Waals surface area (Å²) in [5.41, 5.74) is 0.473. The lowest BCUT2D eigenvalue weighted by Crippen LogP contribution is -2.41. The number of nitriles is 1. The first kappa shape index (κ1) is 13.1. The second kappa shape index (κ2) is 5.09. The van der Waals surface area contributed by atoms with Gasteiger partial charge in [0.15, 0.2) is 0 Å². The van der Waals surface area contributed by atoms with Crippen LogP contribution in [-0.2, 0) is 10.0 Å². The lowest BCUT2D eigenvalue weighted by Gasteiger charge is -2.32. The van der Waals surface area contributed by atoms with Crippen molar-refractivity contribution < 1.29 is 8.42 Å². The topological polar surface area (TPSA) is 61.2 Å². The smallest absolute Gasteiger partial charge is 0.207 e. The van der Waals surface area contributed by atoms with Crippen molar-refractivity contribution >= 4 is 10.0 Å². The van der Waals surface area contributed by atoms with Gasteiger partial charge in [0, 0.05) is 12.6 Å². The van der Waals surface area contributed by atoms with E-state index in [2.05, 4.69) is 0 Å². The van der Waals surface area contributed by atoms with E-state index in [1.807, 2.05) is 13.0 Å². The Balaban J connectivity index is 2.32. The molecule has 0 N–H and O–H groups in total. The lowest BCUT2D eigenvalue weighted by atomic mass is 10.1. The maximum atomic E-state index is 12.4. The molecule has 4 nitrogen and oxygen atoms in total. The van der Waals surface area contributed by atoms with Gasteiger partial charge in [0.25, 0.3) is 0 Å². The van der Waals surface area contributed by atoms with Crippen LogP contribution in [-0.4, -0.2) is 25.3 Å². The van der Waals surface area contributed by atoms with Crippen LogP contribution in [0.2, 0.25) is 0 Å². The van der Waals surface area contributed by atoms with Gasteiger partial charge in [-0.25, -0.2) is 8.42 Å². The highest BCUT2D eigenvalue weighted by atomic mass is 32.2. The quantitative estimate of drug-likeness (QED) is 0.822. The van der Waals surface area contributed by atoms with Crippen molar-refractivity contribution in [3.05, 3.63) is 29.8 Å². The average Bonchev–Trinajstić information content (AvgIpc) is 2.39. The molecule has 1 aromatic carbocycles. The summed E-state index contributed by atoms with van der Waals surface area (Å²) in [6.07, 6.45) is 2.91.